The molecule has 0 bridgehead atoms. The van der Waals surface area contributed by atoms with Crippen LogP contribution in [0, 0.1) is 5.92 Å². The number of likely N-dealkylation sites (tertiary alicyclic amines) is 1. The molecule has 1 saturated heterocycles. The Hall–Kier alpha value is -1.65. The lowest BCUT2D eigenvalue weighted by molar-refractivity contribution is 0.314. The predicted octanol–water partition coefficient (Wildman–Crippen LogP) is 2.41. The summed E-state index contributed by atoms with van der Waals surface area (Å²) in [4.78, 5) is 7.21. The van der Waals surface area contributed by atoms with E-state index in [0.29, 0.717) is 12.5 Å². The maximum absolute atomic E-state index is 5.75. The fourth-order valence-corrected chi connectivity index (χ4v) is 2.97. The summed E-state index contributed by atoms with van der Waals surface area (Å²) in [5.41, 5.74) is 7.91. The van der Waals surface area contributed by atoms with Crippen molar-refractivity contribution >= 4 is 10.9 Å². The Labute approximate surface area is 125 Å². The van der Waals surface area contributed by atoms with Crippen molar-refractivity contribution in [1.29, 1.82) is 0 Å². The van der Waals surface area contributed by atoms with Gasteiger partial charge in [-0.3, -0.25) is 9.88 Å². The van der Waals surface area contributed by atoms with Crippen LogP contribution in [0.3, 0.4) is 0 Å². The molecule has 0 spiro atoms. The van der Waals surface area contributed by atoms with Gasteiger partial charge in [-0.05, 0) is 56.6 Å². The van der Waals surface area contributed by atoms with Gasteiger partial charge in [0, 0.05) is 18.5 Å². The summed E-state index contributed by atoms with van der Waals surface area (Å²) in [6.45, 7) is 6.62. The minimum Gasteiger partial charge on any atom is -0.494 e. The molecule has 1 atom stereocenters. The maximum atomic E-state index is 5.75. The molecular weight excluding hydrogens is 262 g/mol. The van der Waals surface area contributed by atoms with Crippen molar-refractivity contribution in [3.63, 3.8) is 0 Å². The van der Waals surface area contributed by atoms with E-state index in [4.69, 9.17) is 15.5 Å². The highest BCUT2D eigenvalue weighted by atomic mass is 16.5. The van der Waals surface area contributed by atoms with Gasteiger partial charge < -0.3 is 10.5 Å². The van der Waals surface area contributed by atoms with Gasteiger partial charge in [0.05, 0.1) is 17.8 Å². The van der Waals surface area contributed by atoms with Crippen molar-refractivity contribution in [3.8, 4) is 5.75 Å². The lowest BCUT2D eigenvalue weighted by Crippen LogP contribution is -2.23. The number of nitrogens with zero attached hydrogens (tertiary/aromatic N) is 2. The van der Waals surface area contributed by atoms with Crippen LogP contribution >= 0.6 is 0 Å². The number of fused-ring (bicyclic) bond motifs is 1. The van der Waals surface area contributed by atoms with E-state index in [0.717, 1.165) is 48.5 Å². The Bertz CT molecular complexity index is 614. The molecule has 3 rings (SSSR count). The third kappa shape index (κ3) is 3.34. The molecule has 4 heteroatoms. The normalized spacial score (nSPS) is 19.2. The number of ether oxygens (including phenoxy) is 1. The molecule has 0 amide bonds. The quantitative estimate of drug-likeness (QED) is 0.916. The highest BCUT2D eigenvalue weighted by Crippen LogP contribution is 2.22. The highest BCUT2D eigenvalue weighted by molar-refractivity contribution is 5.80. The number of pyridine rings is 1. The molecule has 1 fully saturated rings. The number of aromatic nitrogens is 1. The van der Waals surface area contributed by atoms with Crippen LogP contribution in [0.5, 0.6) is 5.75 Å². The van der Waals surface area contributed by atoms with Gasteiger partial charge in [0.2, 0.25) is 0 Å². The summed E-state index contributed by atoms with van der Waals surface area (Å²) in [5.74, 6) is 1.56. The molecule has 1 aromatic carbocycles. The molecule has 21 heavy (non-hydrogen) atoms. The lowest BCUT2D eigenvalue weighted by atomic mass is 10.1. The topological polar surface area (TPSA) is 51.4 Å². The third-order valence-corrected chi connectivity index (χ3v) is 4.12. The zero-order chi connectivity index (χ0) is 14.7. The second kappa shape index (κ2) is 6.41. The van der Waals surface area contributed by atoms with E-state index in [-0.39, 0.29) is 0 Å². The van der Waals surface area contributed by atoms with Crippen molar-refractivity contribution in [2.75, 3.05) is 26.2 Å². The van der Waals surface area contributed by atoms with Crippen molar-refractivity contribution in [2.45, 2.75) is 19.9 Å². The van der Waals surface area contributed by atoms with E-state index in [9.17, 15) is 0 Å². The zero-order valence-corrected chi connectivity index (χ0v) is 12.6. The first-order valence-corrected chi connectivity index (χ1v) is 7.73. The molecule has 0 unspecified atom stereocenters. The van der Waals surface area contributed by atoms with Crippen LogP contribution in [-0.4, -0.2) is 36.1 Å². The Balaban J connectivity index is 1.74. The van der Waals surface area contributed by atoms with Crippen LogP contribution in [0.25, 0.3) is 10.9 Å². The van der Waals surface area contributed by atoms with Gasteiger partial charge in [0.1, 0.15) is 5.75 Å². The number of hydrogen-bond donors (Lipinski definition) is 1. The molecule has 0 aliphatic carbocycles. The van der Waals surface area contributed by atoms with Gasteiger partial charge in [-0.2, -0.15) is 0 Å². The predicted molar refractivity (Wildman–Crippen MR) is 85.4 cm³/mol. The van der Waals surface area contributed by atoms with Gasteiger partial charge in [0.15, 0.2) is 0 Å². The van der Waals surface area contributed by atoms with E-state index in [1.54, 1.807) is 0 Å². The average Bonchev–Trinajstić information content (AvgIpc) is 2.95. The molecule has 2 heterocycles. The Morgan fingerprint density at radius 1 is 1.33 bits per heavy atom. The van der Waals surface area contributed by atoms with Crippen LogP contribution < -0.4 is 10.5 Å². The molecule has 112 valence electrons. The Kier molecular flexibility index (Phi) is 4.36. The summed E-state index contributed by atoms with van der Waals surface area (Å²) < 4.78 is 5.53. The Morgan fingerprint density at radius 2 is 2.24 bits per heavy atom. The van der Waals surface area contributed by atoms with Crippen LogP contribution in [0.1, 0.15) is 19.0 Å². The minimum absolute atomic E-state index is 0.652. The number of hydrogen-bond acceptors (Lipinski definition) is 4. The van der Waals surface area contributed by atoms with E-state index in [1.807, 2.05) is 19.1 Å². The highest BCUT2D eigenvalue weighted by Gasteiger charge is 2.21. The van der Waals surface area contributed by atoms with Crippen molar-refractivity contribution in [3.05, 3.63) is 36.0 Å². The third-order valence-electron chi connectivity index (χ3n) is 4.12. The summed E-state index contributed by atoms with van der Waals surface area (Å²) >= 11 is 0. The molecule has 1 aliphatic rings. The summed E-state index contributed by atoms with van der Waals surface area (Å²) in [6.07, 6.45) is 1.21. The SMILES string of the molecule is CCOc1ccc2nc(CN3CC[C@@H](CN)C3)ccc2c1. The average molecular weight is 285 g/mol. The maximum Gasteiger partial charge on any atom is 0.120 e. The van der Waals surface area contributed by atoms with Crippen LogP contribution in [0.15, 0.2) is 30.3 Å². The lowest BCUT2D eigenvalue weighted by Gasteiger charge is -2.15. The smallest absolute Gasteiger partial charge is 0.120 e. The first kappa shape index (κ1) is 14.3. The molecular formula is C17H23N3O. The standard InChI is InChI=1S/C17H23N3O/c1-2-21-16-5-6-17-14(9-16)3-4-15(19-17)12-20-8-7-13(10-18)11-20/h3-6,9,13H,2,7-8,10-12,18H2,1H3/t13-/m0/s1. The second-order valence-corrected chi connectivity index (χ2v) is 5.72. The van der Waals surface area contributed by atoms with Gasteiger partial charge in [-0.25, -0.2) is 0 Å². The van der Waals surface area contributed by atoms with Crippen LogP contribution in [-0.2, 0) is 6.54 Å². The summed E-state index contributed by atoms with van der Waals surface area (Å²) in [7, 11) is 0. The van der Waals surface area contributed by atoms with Gasteiger partial charge in [-0.15, -0.1) is 0 Å². The summed E-state index contributed by atoms with van der Waals surface area (Å²) in [6, 6.07) is 10.3. The van der Waals surface area contributed by atoms with Crippen molar-refractivity contribution in [1.82, 2.24) is 9.88 Å². The van der Waals surface area contributed by atoms with E-state index >= 15 is 0 Å². The molecule has 0 radical (unpaired) electrons. The van der Waals surface area contributed by atoms with Gasteiger partial charge >= 0.3 is 0 Å². The van der Waals surface area contributed by atoms with Gasteiger partial charge in [-0.1, -0.05) is 6.07 Å². The molecule has 0 saturated carbocycles. The minimum atomic E-state index is 0.652. The van der Waals surface area contributed by atoms with Crippen LogP contribution in [0.4, 0.5) is 0 Å². The molecule has 1 aliphatic heterocycles. The molecule has 4 nitrogen and oxygen atoms in total. The fourth-order valence-electron chi connectivity index (χ4n) is 2.97. The number of nitrogens with two attached hydrogens (primary N) is 1. The van der Waals surface area contributed by atoms with E-state index < -0.39 is 0 Å². The first-order valence-electron chi connectivity index (χ1n) is 7.73. The molecule has 2 aromatic rings. The molecule has 2 N–H and O–H groups in total. The van der Waals surface area contributed by atoms with Gasteiger partial charge in [0.25, 0.3) is 0 Å². The molecule has 1 aromatic heterocycles. The van der Waals surface area contributed by atoms with Crippen molar-refractivity contribution < 1.29 is 4.74 Å². The van der Waals surface area contributed by atoms with Crippen LogP contribution in [0.2, 0.25) is 0 Å². The summed E-state index contributed by atoms with van der Waals surface area (Å²) in [5, 5.41) is 1.13. The number of benzene rings is 1. The largest absolute Gasteiger partial charge is 0.494 e. The monoisotopic (exact) mass is 285 g/mol. The van der Waals surface area contributed by atoms with E-state index in [1.165, 1.54) is 6.42 Å². The van der Waals surface area contributed by atoms with Crippen molar-refractivity contribution in [2.24, 2.45) is 11.7 Å². The Morgan fingerprint density at radius 3 is 3.00 bits per heavy atom. The fraction of sp³-hybridized carbons (Fsp3) is 0.471. The number of rotatable bonds is 5. The van der Waals surface area contributed by atoms with E-state index in [2.05, 4.69) is 23.1 Å². The first-order chi connectivity index (χ1) is 10.3. The zero-order valence-electron chi connectivity index (χ0n) is 12.6. The second-order valence-electron chi connectivity index (χ2n) is 5.72.